The first-order valence-corrected chi connectivity index (χ1v) is 3.31. The predicted molar refractivity (Wildman–Crippen MR) is 43.1 cm³/mol. The monoisotopic (exact) mass is 168 g/mol. The summed E-state index contributed by atoms with van der Waals surface area (Å²) in [6, 6.07) is 0. The fraction of sp³-hybridized carbons (Fsp3) is 0.333. The summed E-state index contributed by atoms with van der Waals surface area (Å²) in [6.45, 7) is 3.57. The maximum absolute atomic E-state index is 10.2. The van der Waals surface area contributed by atoms with Gasteiger partial charge >= 0.3 is 5.69 Å². The fourth-order valence-electron chi connectivity index (χ4n) is 0.657. The number of aromatic nitrogens is 2. The van der Waals surface area contributed by atoms with Crippen molar-refractivity contribution >= 4 is 11.4 Å². The lowest BCUT2D eigenvalue weighted by atomic mass is 10.5. The molecular weight excluding hydrogens is 160 g/mol. The van der Waals surface area contributed by atoms with E-state index >= 15 is 0 Å². The van der Waals surface area contributed by atoms with Crippen molar-refractivity contribution in [3.05, 3.63) is 22.5 Å². The predicted octanol–water partition coefficient (Wildman–Crippen LogP) is 1.04. The Labute approximate surface area is 68.7 Å². The van der Waals surface area contributed by atoms with Gasteiger partial charge in [-0.3, -0.25) is 10.1 Å². The van der Waals surface area contributed by atoms with E-state index in [2.05, 4.69) is 10.2 Å². The lowest BCUT2D eigenvalue weighted by Crippen LogP contribution is -1.92. The highest BCUT2D eigenvalue weighted by Crippen LogP contribution is 2.07. The highest BCUT2D eigenvalue weighted by molar-refractivity contribution is 5.78. The molecule has 1 aromatic heterocycles. The minimum absolute atomic E-state index is 0.0556. The third kappa shape index (κ3) is 1.88. The molecule has 0 aliphatic carbocycles. The largest absolute Gasteiger partial charge is 0.309 e. The van der Waals surface area contributed by atoms with Gasteiger partial charge in [-0.15, -0.1) is 0 Å². The molecule has 0 fully saturated rings. The summed E-state index contributed by atoms with van der Waals surface area (Å²) < 4.78 is 0. The van der Waals surface area contributed by atoms with Gasteiger partial charge in [0.15, 0.2) is 0 Å². The molecule has 6 nitrogen and oxygen atoms in total. The summed E-state index contributed by atoms with van der Waals surface area (Å²) in [5.41, 5.74) is 0.730. The molecule has 0 aromatic carbocycles. The van der Waals surface area contributed by atoms with Crippen molar-refractivity contribution < 1.29 is 4.92 Å². The maximum atomic E-state index is 10.2. The molecule has 0 N–H and O–H groups in total. The molecule has 0 saturated heterocycles. The van der Waals surface area contributed by atoms with Gasteiger partial charge in [0.05, 0.1) is 4.92 Å². The van der Waals surface area contributed by atoms with E-state index in [0.29, 0.717) is 0 Å². The van der Waals surface area contributed by atoms with Gasteiger partial charge in [0.2, 0.25) is 0 Å². The lowest BCUT2D eigenvalue weighted by molar-refractivity contribution is -0.385. The average molecular weight is 168 g/mol. The minimum atomic E-state index is -0.510. The quantitative estimate of drug-likeness (QED) is 0.376. The van der Waals surface area contributed by atoms with E-state index in [0.717, 1.165) is 11.9 Å². The summed E-state index contributed by atoms with van der Waals surface area (Å²) in [5, 5.41) is 17.7. The van der Waals surface area contributed by atoms with Crippen LogP contribution in [0.5, 0.6) is 0 Å². The van der Waals surface area contributed by atoms with Gasteiger partial charge in [0, 0.05) is 5.71 Å². The SMILES string of the molecule is CC(C)=Nn1cc([N+](=O)[O-])cn1. The van der Waals surface area contributed by atoms with E-state index in [1.807, 2.05) is 0 Å². The second-order valence-electron chi connectivity index (χ2n) is 2.42. The first kappa shape index (κ1) is 8.38. The molecule has 0 aliphatic heterocycles. The van der Waals surface area contributed by atoms with Gasteiger partial charge in [-0.1, -0.05) is 0 Å². The van der Waals surface area contributed by atoms with Gasteiger partial charge in [0.25, 0.3) is 0 Å². The third-order valence-corrected chi connectivity index (χ3v) is 1.07. The Bertz CT molecular complexity index is 324. The van der Waals surface area contributed by atoms with Crippen LogP contribution in [-0.2, 0) is 0 Å². The summed E-state index contributed by atoms with van der Waals surface area (Å²) in [6.07, 6.45) is 2.42. The fourth-order valence-corrected chi connectivity index (χ4v) is 0.657. The van der Waals surface area contributed by atoms with Crippen molar-refractivity contribution in [1.82, 2.24) is 9.89 Å². The van der Waals surface area contributed by atoms with Crippen molar-refractivity contribution in [2.45, 2.75) is 13.8 Å². The van der Waals surface area contributed by atoms with Crippen molar-refractivity contribution in [2.24, 2.45) is 5.10 Å². The molecule has 1 rings (SSSR count). The van der Waals surface area contributed by atoms with E-state index in [-0.39, 0.29) is 5.69 Å². The zero-order chi connectivity index (χ0) is 9.14. The molecule has 12 heavy (non-hydrogen) atoms. The summed E-state index contributed by atoms with van der Waals surface area (Å²) in [5.74, 6) is 0. The molecule has 6 heteroatoms. The van der Waals surface area contributed by atoms with Crippen LogP contribution in [0, 0.1) is 10.1 Å². The average Bonchev–Trinajstić information content (AvgIpc) is 2.34. The van der Waals surface area contributed by atoms with Crippen molar-refractivity contribution in [2.75, 3.05) is 0 Å². The molecule has 64 valence electrons. The van der Waals surface area contributed by atoms with Crippen LogP contribution in [0.4, 0.5) is 5.69 Å². The number of nitrogens with zero attached hydrogens (tertiary/aromatic N) is 4. The summed E-state index contributed by atoms with van der Waals surface area (Å²) in [7, 11) is 0. The standard InChI is InChI=1S/C6H8N4O2/c1-5(2)8-9-4-6(3-7-9)10(11)12/h3-4H,1-2H3. The molecule has 0 aliphatic rings. The Morgan fingerprint density at radius 1 is 1.75 bits per heavy atom. The third-order valence-electron chi connectivity index (χ3n) is 1.07. The van der Waals surface area contributed by atoms with Crippen molar-refractivity contribution in [3.8, 4) is 0 Å². The molecule has 1 heterocycles. The molecule has 0 bridgehead atoms. The Morgan fingerprint density at radius 2 is 2.42 bits per heavy atom. The molecule has 0 atom stereocenters. The zero-order valence-corrected chi connectivity index (χ0v) is 6.76. The number of hydrogen-bond donors (Lipinski definition) is 0. The Hall–Kier alpha value is -1.72. The van der Waals surface area contributed by atoms with E-state index in [9.17, 15) is 10.1 Å². The van der Waals surface area contributed by atoms with Crippen LogP contribution in [0.3, 0.4) is 0 Å². The van der Waals surface area contributed by atoms with Crippen LogP contribution >= 0.6 is 0 Å². The first-order valence-electron chi connectivity index (χ1n) is 3.31. The van der Waals surface area contributed by atoms with Crippen LogP contribution in [0.1, 0.15) is 13.8 Å². The van der Waals surface area contributed by atoms with Crippen molar-refractivity contribution in [3.63, 3.8) is 0 Å². The first-order chi connectivity index (χ1) is 5.59. The van der Waals surface area contributed by atoms with E-state index < -0.39 is 4.92 Å². The topological polar surface area (TPSA) is 73.3 Å². The number of hydrogen-bond acceptors (Lipinski definition) is 4. The zero-order valence-electron chi connectivity index (χ0n) is 6.76. The number of rotatable bonds is 2. The second kappa shape index (κ2) is 3.12. The Kier molecular flexibility index (Phi) is 2.18. The van der Waals surface area contributed by atoms with Crippen LogP contribution in [0.25, 0.3) is 0 Å². The summed E-state index contributed by atoms with van der Waals surface area (Å²) in [4.78, 5) is 10.9. The van der Waals surface area contributed by atoms with Gasteiger partial charge in [-0.05, 0) is 13.8 Å². The van der Waals surface area contributed by atoms with Gasteiger partial charge in [-0.2, -0.15) is 15.0 Å². The molecule has 0 spiro atoms. The minimum Gasteiger partial charge on any atom is -0.258 e. The van der Waals surface area contributed by atoms with Crippen LogP contribution in [-0.4, -0.2) is 20.5 Å². The molecular formula is C6H8N4O2. The van der Waals surface area contributed by atoms with Gasteiger partial charge < -0.3 is 0 Å². The maximum Gasteiger partial charge on any atom is 0.309 e. The van der Waals surface area contributed by atoms with E-state index in [1.54, 1.807) is 13.8 Å². The molecule has 0 saturated carbocycles. The molecule has 1 aromatic rings. The molecule has 0 radical (unpaired) electrons. The Morgan fingerprint density at radius 3 is 2.83 bits per heavy atom. The van der Waals surface area contributed by atoms with E-state index in [1.165, 1.54) is 11.0 Å². The smallest absolute Gasteiger partial charge is 0.258 e. The van der Waals surface area contributed by atoms with Crippen LogP contribution < -0.4 is 0 Å². The van der Waals surface area contributed by atoms with Gasteiger partial charge in [0.1, 0.15) is 12.4 Å². The van der Waals surface area contributed by atoms with Gasteiger partial charge in [-0.25, -0.2) is 0 Å². The highest BCUT2D eigenvalue weighted by Gasteiger charge is 2.07. The summed E-state index contributed by atoms with van der Waals surface area (Å²) >= 11 is 0. The normalized spacial score (nSPS) is 9.50. The van der Waals surface area contributed by atoms with Crippen LogP contribution in [0.2, 0.25) is 0 Å². The van der Waals surface area contributed by atoms with Crippen molar-refractivity contribution in [1.29, 1.82) is 0 Å². The number of nitro groups is 1. The Balaban J connectivity index is 2.92. The van der Waals surface area contributed by atoms with Crippen LogP contribution in [0.15, 0.2) is 17.5 Å². The lowest BCUT2D eigenvalue weighted by Gasteiger charge is -1.88. The highest BCUT2D eigenvalue weighted by atomic mass is 16.6. The molecule has 0 amide bonds. The van der Waals surface area contributed by atoms with E-state index in [4.69, 9.17) is 0 Å². The molecule has 0 unspecified atom stereocenters. The second-order valence-corrected chi connectivity index (χ2v) is 2.42.